The van der Waals surface area contributed by atoms with Crippen molar-refractivity contribution in [3.05, 3.63) is 35.0 Å². The molecule has 2 nitrogen and oxygen atoms in total. The van der Waals surface area contributed by atoms with Gasteiger partial charge in [0.1, 0.15) is 11.5 Å². The molecule has 0 aliphatic rings. The van der Waals surface area contributed by atoms with Crippen LogP contribution in [-0.4, -0.2) is 13.2 Å². The molecule has 0 bridgehead atoms. The molecule has 124 valence electrons. The van der Waals surface area contributed by atoms with Gasteiger partial charge in [-0.25, -0.2) is 0 Å². The Bertz CT molecular complexity index is 852. The fourth-order valence-electron chi connectivity index (χ4n) is 2.56. The molecule has 0 amide bonds. The Balaban J connectivity index is 1.70. The standard InChI is InChI=1S/C18H16O2S4/c1-3-19-12-5-7-21-16(12)14-9-11-10-15(24-18(11)23-14)17-13(20-4-2)6-8-22-17/h5-10H,3-4H2,1-2H3. The molecular weight excluding hydrogens is 376 g/mol. The lowest BCUT2D eigenvalue weighted by molar-refractivity contribution is 0.343. The summed E-state index contributed by atoms with van der Waals surface area (Å²) < 4.78 is 12.8. The number of hydrogen-bond donors (Lipinski definition) is 0. The number of hydrogen-bond acceptors (Lipinski definition) is 6. The van der Waals surface area contributed by atoms with Gasteiger partial charge in [-0.05, 0) is 48.9 Å². The maximum absolute atomic E-state index is 5.73. The monoisotopic (exact) mass is 392 g/mol. The molecule has 4 aromatic rings. The SMILES string of the molecule is CCOc1ccsc1-c1cc2cc(-c3sccc3OCC)sc2s1. The van der Waals surface area contributed by atoms with Crippen molar-refractivity contribution in [3.8, 4) is 31.0 Å². The van der Waals surface area contributed by atoms with Crippen LogP contribution in [0.25, 0.3) is 28.9 Å². The first kappa shape index (κ1) is 16.1. The minimum atomic E-state index is 0.701. The van der Waals surface area contributed by atoms with Crippen LogP contribution in [0.5, 0.6) is 11.5 Å². The van der Waals surface area contributed by atoms with Crippen molar-refractivity contribution >= 4 is 54.7 Å². The Morgan fingerprint density at radius 3 is 1.71 bits per heavy atom. The molecule has 4 heterocycles. The van der Waals surface area contributed by atoms with Gasteiger partial charge in [0, 0.05) is 5.39 Å². The molecule has 24 heavy (non-hydrogen) atoms. The zero-order chi connectivity index (χ0) is 16.5. The summed E-state index contributed by atoms with van der Waals surface area (Å²) in [6.45, 7) is 5.45. The third-order valence-corrected chi connectivity index (χ3v) is 8.06. The van der Waals surface area contributed by atoms with Crippen LogP contribution in [0.4, 0.5) is 0 Å². The van der Waals surface area contributed by atoms with Crippen molar-refractivity contribution in [2.45, 2.75) is 13.8 Å². The van der Waals surface area contributed by atoms with Gasteiger partial charge in [-0.1, -0.05) is 0 Å². The van der Waals surface area contributed by atoms with Crippen LogP contribution in [0, 0.1) is 0 Å². The number of ether oxygens (including phenoxy) is 2. The van der Waals surface area contributed by atoms with E-state index >= 15 is 0 Å². The van der Waals surface area contributed by atoms with Gasteiger partial charge in [0.05, 0.1) is 36.7 Å². The summed E-state index contributed by atoms with van der Waals surface area (Å²) in [7, 11) is 0. The van der Waals surface area contributed by atoms with E-state index in [1.54, 1.807) is 22.7 Å². The number of fused-ring (bicyclic) bond motifs is 1. The summed E-state index contributed by atoms with van der Waals surface area (Å²) in [5.41, 5.74) is 0. The van der Waals surface area contributed by atoms with Crippen molar-refractivity contribution in [3.63, 3.8) is 0 Å². The quantitative estimate of drug-likeness (QED) is 0.345. The lowest BCUT2D eigenvalue weighted by atomic mass is 10.3. The second-order valence-electron chi connectivity index (χ2n) is 5.06. The van der Waals surface area contributed by atoms with Crippen LogP contribution >= 0.6 is 45.3 Å². The molecule has 0 saturated heterocycles. The second kappa shape index (κ2) is 6.88. The maximum atomic E-state index is 5.73. The minimum Gasteiger partial charge on any atom is -0.492 e. The van der Waals surface area contributed by atoms with Gasteiger partial charge >= 0.3 is 0 Å². The molecule has 0 atom stereocenters. The topological polar surface area (TPSA) is 18.5 Å². The normalized spacial score (nSPS) is 11.2. The predicted molar refractivity (Wildman–Crippen MR) is 109 cm³/mol. The Kier molecular flexibility index (Phi) is 4.63. The highest BCUT2D eigenvalue weighted by Gasteiger charge is 2.16. The fourth-order valence-corrected chi connectivity index (χ4v) is 6.92. The van der Waals surface area contributed by atoms with Gasteiger partial charge < -0.3 is 9.47 Å². The summed E-state index contributed by atoms with van der Waals surface area (Å²) in [5, 5.41) is 5.50. The van der Waals surface area contributed by atoms with E-state index in [2.05, 4.69) is 35.0 Å². The van der Waals surface area contributed by atoms with Gasteiger partial charge in [-0.3, -0.25) is 0 Å². The van der Waals surface area contributed by atoms with E-state index in [0.717, 1.165) is 11.5 Å². The first-order chi connectivity index (χ1) is 11.8. The molecule has 0 aliphatic carbocycles. The molecule has 0 fully saturated rings. The highest BCUT2D eigenvalue weighted by atomic mass is 32.2. The summed E-state index contributed by atoms with van der Waals surface area (Å²) in [6.07, 6.45) is 0. The summed E-state index contributed by atoms with van der Waals surface area (Å²) >= 11 is 7.18. The van der Waals surface area contributed by atoms with Crippen LogP contribution in [0.3, 0.4) is 0 Å². The van der Waals surface area contributed by atoms with Crippen LogP contribution in [-0.2, 0) is 0 Å². The molecule has 0 saturated carbocycles. The van der Waals surface area contributed by atoms with Crippen LogP contribution < -0.4 is 9.47 Å². The molecule has 0 unspecified atom stereocenters. The molecule has 0 N–H and O–H groups in total. The van der Waals surface area contributed by atoms with Crippen LogP contribution in [0.2, 0.25) is 0 Å². The van der Waals surface area contributed by atoms with Crippen molar-refractivity contribution in [1.82, 2.24) is 0 Å². The Hall–Kier alpha value is -1.34. The van der Waals surface area contributed by atoms with Gasteiger partial charge in [0.2, 0.25) is 0 Å². The second-order valence-corrected chi connectivity index (χ2v) is 9.25. The first-order valence-electron chi connectivity index (χ1n) is 7.74. The minimum absolute atomic E-state index is 0.701. The van der Waals surface area contributed by atoms with E-state index in [4.69, 9.17) is 9.47 Å². The highest BCUT2D eigenvalue weighted by Crippen LogP contribution is 2.48. The third kappa shape index (κ3) is 2.88. The van der Waals surface area contributed by atoms with E-state index < -0.39 is 0 Å². The average molecular weight is 393 g/mol. The largest absolute Gasteiger partial charge is 0.492 e. The average Bonchev–Trinajstić information content (AvgIpc) is 3.28. The van der Waals surface area contributed by atoms with Gasteiger partial charge in [-0.15, -0.1) is 45.3 Å². The van der Waals surface area contributed by atoms with E-state index in [9.17, 15) is 0 Å². The molecule has 0 aliphatic heterocycles. The molecule has 4 aromatic heterocycles. The van der Waals surface area contributed by atoms with Crippen molar-refractivity contribution < 1.29 is 9.47 Å². The van der Waals surface area contributed by atoms with E-state index in [0.29, 0.717) is 13.2 Å². The van der Waals surface area contributed by atoms with E-state index in [1.165, 1.54) is 28.9 Å². The van der Waals surface area contributed by atoms with Crippen molar-refractivity contribution in [1.29, 1.82) is 0 Å². The zero-order valence-corrected chi connectivity index (χ0v) is 16.6. The van der Waals surface area contributed by atoms with Crippen LogP contribution in [0.15, 0.2) is 35.0 Å². The molecule has 0 spiro atoms. The molecule has 0 aromatic carbocycles. The van der Waals surface area contributed by atoms with Gasteiger partial charge in [0.25, 0.3) is 0 Å². The number of thiophene rings is 4. The fraction of sp³-hybridized carbons (Fsp3) is 0.222. The van der Waals surface area contributed by atoms with Crippen molar-refractivity contribution in [2.24, 2.45) is 0 Å². The lowest BCUT2D eigenvalue weighted by Gasteiger charge is -2.02. The predicted octanol–water partition coefficient (Wildman–Crippen LogP) is 7.22. The Labute approximate surface area is 156 Å². The smallest absolute Gasteiger partial charge is 0.138 e. The van der Waals surface area contributed by atoms with Crippen LogP contribution in [0.1, 0.15) is 13.8 Å². The van der Waals surface area contributed by atoms with Gasteiger partial charge in [-0.2, -0.15) is 0 Å². The Morgan fingerprint density at radius 1 is 0.792 bits per heavy atom. The summed E-state index contributed by atoms with van der Waals surface area (Å²) in [5.74, 6) is 1.99. The molecule has 4 rings (SSSR count). The summed E-state index contributed by atoms with van der Waals surface area (Å²) in [4.78, 5) is 5.05. The first-order valence-corrected chi connectivity index (χ1v) is 11.1. The summed E-state index contributed by atoms with van der Waals surface area (Å²) in [6, 6.07) is 8.68. The molecule has 0 radical (unpaired) electrons. The molecular formula is C18H16O2S4. The van der Waals surface area contributed by atoms with Gasteiger partial charge in [0.15, 0.2) is 0 Å². The third-order valence-electron chi connectivity index (χ3n) is 3.52. The Morgan fingerprint density at radius 2 is 1.29 bits per heavy atom. The van der Waals surface area contributed by atoms with Crippen molar-refractivity contribution in [2.75, 3.05) is 13.2 Å². The van der Waals surface area contributed by atoms with E-state index in [1.807, 2.05) is 36.5 Å². The molecule has 6 heteroatoms. The maximum Gasteiger partial charge on any atom is 0.138 e. The highest BCUT2D eigenvalue weighted by molar-refractivity contribution is 7.42. The number of rotatable bonds is 6. The zero-order valence-electron chi connectivity index (χ0n) is 13.3. The van der Waals surface area contributed by atoms with E-state index in [-0.39, 0.29) is 0 Å². The lowest BCUT2D eigenvalue weighted by Crippen LogP contribution is -1.90.